The van der Waals surface area contributed by atoms with E-state index >= 15 is 0 Å². The third-order valence-corrected chi connectivity index (χ3v) is 3.83. The molecule has 2 N–H and O–H groups in total. The first-order valence-corrected chi connectivity index (χ1v) is 7.38. The van der Waals surface area contributed by atoms with Gasteiger partial charge in [-0.25, -0.2) is 4.39 Å². The molecule has 1 amide bonds. The maximum atomic E-state index is 13.0. The van der Waals surface area contributed by atoms with E-state index < -0.39 is 0 Å². The Bertz CT molecular complexity index is 679. The summed E-state index contributed by atoms with van der Waals surface area (Å²) in [5, 5.41) is 6.29. The largest absolute Gasteiger partial charge is 0.381 e. The van der Waals surface area contributed by atoms with Gasteiger partial charge in [0.25, 0.3) is 0 Å². The molecule has 0 aliphatic carbocycles. The zero-order valence-corrected chi connectivity index (χ0v) is 13.6. The predicted molar refractivity (Wildman–Crippen MR) is 87.2 cm³/mol. The lowest BCUT2D eigenvalue weighted by Gasteiger charge is -2.11. The summed E-state index contributed by atoms with van der Waals surface area (Å²) < 4.78 is 13.7. The molecule has 2 aromatic carbocycles. The quantitative estimate of drug-likeness (QED) is 0.809. The number of carbonyl (C=O) groups is 1. The number of rotatable bonds is 4. The third kappa shape index (κ3) is 4.44. The minimum absolute atomic E-state index is 0.173. The lowest BCUT2D eigenvalue weighted by molar-refractivity contribution is -0.114. The molecule has 0 aliphatic rings. The van der Waals surface area contributed by atoms with Crippen LogP contribution in [-0.2, 0) is 11.3 Å². The van der Waals surface area contributed by atoms with E-state index in [-0.39, 0.29) is 11.7 Å². The fraction of sp³-hybridized carbons (Fsp3) is 0.133. The molecule has 0 spiro atoms. The van der Waals surface area contributed by atoms with Crippen LogP contribution < -0.4 is 10.6 Å². The Morgan fingerprint density at radius 1 is 1.29 bits per heavy atom. The smallest absolute Gasteiger partial charge is 0.221 e. The van der Waals surface area contributed by atoms with Crippen molar-refractivity contribution in [1.29, 1.82) is 0 Å². The Hall–Kier alpha value is -1.59. The molecule has 0 atom stereocenters. The van der Waals surface area contributed by atoms with Gasteiger partial charge in [0.05, 0.1) is 10.7 Å². The van der Waals surface area contributed by atoms with Crippen LogP contribution in [0.5, 0.6) is 0 Å². The van der Waals surface area contributed by atoms with Crippen LogP contribution in [0.4, 0.5) is 15.8 Å². The molecule has 0 bridgehead atoms. The highest BCUT2D eigenvalue weighted by atomic mass is 79.9. The van der Waals surface area contributed by atoms with Gasteiger partial charge >= 0.3 is 0 Å². The minimum Gasteiger partial charge on any atom is -0.381 e. The van der Waals surface area contributed by atoms with E-state index in [0.29, 0.717) is 21.7 Å². The topological polar surface area (TPSA) is 41.1 Å². The molecule has 6 heteroatoms. The number of hydrogen-bond acceptors (Lipinski definition) is 2. The summed E-state index contributed by atoms with van der Waals surface area (Å²) in [6.07, 6.45) is 0. The number of anilines is 2. The summed E-state index contributed by atoms with van der Waals surface area (Å²) in [4.78, 5) is 11.0. The van der Waals surface area contributed by atoms with Gasteiger partial charge in [-0.05, 0) is 35.9 Å². The molecule has 21 heavy (non-hydrogen) atoms. The van der Waals surface area contributed by atoms with Crippen LogP contribution in [-0.4, -0.2) is 5.91 Å². The predicted octanol–water partition coefficient (Wildman–Crippen LogP) is 4.81. The maximum Gasteiger partial charge on any atom is 0.221 e. The molecule has 0 heterocycles. The van der Waals surface area contributed by atoms with Crippen LogP contribution in [0.25, 0.3) is 0 Å². The van der Waals surface area contributed by atoms with E-state index in [1.807, 2.05) is 6.07 Å². The Morgan fingerprint density at radius 3 is 2.67 bits per heavy atom. The molecule has 0 saturated carbocycles. The highest BCUT2D eigenvalue weighted by Gasteiger charge is 2.05. The molecule has 0 aromatic heterocycles. The Morgan fingerprint density at radius 2 is 2.05 bits per heavy atom. The van der Waals surface area contributed by atoms with E-state index in [2.05, 4.69) is 26.6 Å². The van der Waals surface area contributed by atoms with Gasteiger partial charge in [-0.2, -0.15) is 0 Å². The molecular formula is C15H13BrClFN2O. The molecule has 110 valence electrons. The fourth-order valence-corrected chi connectivity index (χ4v) is 2.50. The Balaban J connectivity index is 2.06. The summed E-state index contributed by atoms with van der Waals surface area (Å²) in [5.74, 6) is -0.457. The van der Waals surface area contributed by atoms with Gasteiger partial charge in [0.1, 0.15) is 5.82 Å². The molecule has 2 rings (SSSR count). The van der Waals surface area contributed by atoms with Crippen molar-refractivity contribution in [3.8, 4) is 0 Å². The van der Waals surface area contributed by atoms with Gasteiger partial charge < -0.3 is 10.6 Å². The molecule has 0 aliphatic heterocycles. The molecular weight excluding hydrogens is 359 g/mol. The zero-order valence-electron chi connectivity index (χ0n) is 11.2. The summed E-state index contributed by atoms with van der Waals surface area (Å²) in [6.45, 7) is 1.95. The van der Waals surface area contributed by atoms with Crippen LogP contribution in [0.3, 0.4) is 0 Å². The first-order chi connectivity index (χ1) is 9.95. The first-order valence-electron chi connectivity index (χ1n) is 6.20. The van der Waals surface area contributed by atoms with Crippen molar-refractivity contribution in [2.75, 3.05) is 10.6 Å². The second kappa shape index (κ2) is 6.91. The first kappa shape index (κ1) is 15.8. The molecule has 0 radical (unpaired) electrons. The van der Waals surface area contributed by atoms with Crippen LogP contribution in [0.1, 0.15) is 12.5 Å². The summed E-state index contributed by atoms with van der Waals surface area (Å²) in [6, 6.07) is 9.81. The van der Waals surface area contributed by atoms with Crippen molar-refractivity contribution in [3.05, 3.63) is 57.3 Å². The van der Waals surface area contributed by atoms with E-state index in [1.54, 1.807) is 18.2 Å². The van der Waals surface area contributed by atoms with Gasteiger partial charge in [-0.15, -0.1) is 0 Å². The zero-order chi connectivity index (χ0) is 15.4. The second-order valence-electron chi connectivity index (χ2n) is 4.47. The molecule has 0 unspecified atom stereocenters. The minimum atomic E-state index is -0.284. The summed E-state index contributed by atoms with van der Waals surface area (Å²) in [5.41, 5.74) is 2.31. The summed E-state index contributed by atoms with van der Waals surface area (Å²) in [7, 11) is 0. The monoisotopic (exact) mass is 370 g/mol. The molecule has 3 nitrogen and oxygen atoms in total. The summed E-state index contributed by atoms with van der Waals surface area (Å²) >= 11 is 9.41. The third-order valence-electron chi connectivity index (χ3n) is 2.78. The van der Waals surface area contributed by atoms with Crippen molar-refractivity contribution in [3.63, 3.8) is 0 Å². The number of halogens is 3. The van der Waals surface area contributed by atoms with Gasteiger partial charge in [0.2, 0.25) is 5.91 Å². The fourth-order valence-electron chi connectivity index (χ4n) is 1.78. The standard InChI is InChI=1S/C15H13BrClFN2O/c1-9(21)20-15-5-4-12(7-14(15)17)19-8-10-2-3-11(18)6-13(10)16/h2-7,19H,8H2,1H3,(H,20,21). The Kier molecular flexibility index (Phi) is 5.20. The second-order valence-corrected chi connectivity index (χ2v) is 5.73. The van der Waals surface area contributed by atoms with Crippen LogP contribution in [0, 0.1) is 5.82 Å². The van der Waals surface area contributed by atoms with Crippen molar-refractivity contribution in [2.24, 2.45) is 0 Å². The van der Waals surface area contributed by atoms with Gasteiger partial charge in [0.15, 0.2) is 0 Å². The van der Waals surface area contributed by atoms with Crippen molar-refractivity contribution in [2.45, 2.75) is 13.5 Å². The molecule has 2 aromatic rings. The average Bonchev–Trinajstić information content (AvgIpc) is 2.40. The lowest BCUT2D eigenvalue weighted by atomic mass is 10.2. The number of carbonyl (C=O) groups excluding carboxylic acids is 1. The van der Waals surface area contributed by atoms with Crippen LogP contribution >= 0.6 is 27.5 Å². The maximum absolute atomic E-state index is 13.0. The van der Waals surface area contributed by atoms with Gasteiger partial charge in [0, 0.05) is 23.6 Å². The van der Waals surface area contributed by atoms with E-state index in [9.17, 15) is 9.18 Å². The highest BCUT2D eigenvalue weighted by Crippen LogP contribution is 2.26. The van der Waals surface area contributed by atoms with Gasteiger partial charge in [-0.3, -0.25) is 4.79 Å². The Labute approximate surface area is 135 Å². The lowest BCUT2D eigenvalue weighted by Crippen LogP contribution is -2.06. The van der Waals surface area contributed by atoms with Gasteiger partial charge in [-0.1, -0.05) is 33.6 Å². The SMILES string of the molecule is CC(=O)Nc1ccc(NCc2ccc(F)cc2Br)cc1Cl. The number of hydrogen-bond donors (Lipinski definition) is 2. The number of benzene rings is 2. The van der Waals surface area contributed by atoms with E-state index in [0.717, 1.165) is 11.3 Å². The number of nitrogens with one attached hydrogen (secondary N) is 2. The molecule has 0 saturated heterocycles. The van der Waals surface area contributed by atoms with Crippen LogP contribution in [0.15, 0.2) is 40.9 Å². The average molecular weight is 372 g/mol. The van der Waals surface area contributed by atoms with Crippen molar-refractivity contribution in [1.82, 2.24) is 0 Å². The van der Waals surface area contributed by atoms with E-state index in [1.165, 1.54) is 19.1 Å². The van der Waals surface area contributed by atoms with E-state index in [4.69, 9.17) is 11.6 Å². The normalized spacial score (nSPS) is 10.3. The highest BCUT2D eigenvalue weighted by molar-refractivity contribution is 9.10. The van der Waals surface area contributed by atoms with Crippen molar-refractivity contribution < 1.29 is 9.18 Å². The van der Waals surface area contributed by atoms with Crippen LogP contribution in [0.2, 0.25) is 5.02 Å². The number of amides is 1. The molecule has 0 fully saturated rings. The van der Waals surface area contributed by atoms with Crippen molar-refractivity contribution >= 4 is 44.8 Å².